The van der Waals surface area contributed by atoms with Crippen LogP contribution < -0.4 is 10.6 Å². The Balaban J connectivity index is 0.921. The fraction of sp³-hybridized carbons (Fsp3) is 0.292. The number of nitrogens with one attached hydrogen (secondary N) is 2. The summed E-state index contributed by atoms with van der Waals surface area (Å²) in [6.45, 7) is 6.16. The van der Waals surface area contributed by atoms with E-state index in [0.29, 0.717) is 30.8 Å². The number of nitro groups is 1. The smallest absolute Gasteiger partial charge is 0.269 e. The van der Waals surface area contributed by atoms with Crippen molar-refractivity contribution in [2.45, 2.75) is 71.8 Å². The highest BCUT2D eigenvalue weighted by Gasteiger charge is 2.18. The van der Waals surface area contributed by atoms with Gasteiger partial charge >= 0.3 is 0 Å². The molecular formula is C48H51N7O4. The number of nitrogens with zero attached hydrogens (tertiary/aromatic N) is 5. The lowest BCUT2D eigenvalue weighted by molar-refractivity contribution is -0.384. The summed E-state index contributed by atoms with van der Waals surface area (Å²) >= 11 is 0. The van der Waals surface area contributed by atoms with Gasteiger partial charge in [-0.2, -0.15) is 0 Å². The van der Waals surface area contributed by atoms with E-state index in [1.807, 2.05) is 36.4 Å². The lowest BCUT2D eigenvalue weighted by atomic mass is 9.98. The predicted octanol–water partition coefficient (Wildman–Crippen LogP) is 9.97. The van der Waals surface area contributed by atoms with Crippen molar-refractivity contribution in [2.24, 2.45) is 7.05 Å². The zero-order valence-electron chi connectivity index (χ0n) is 34.0. The third-order valence-corrected chi connectivity index (χ3v) is 10.9. The normalized spacial score (nSPS) is 11.3. The molecule has 0 atom stereocenters. The van der Waals surface area contributed by atoms with Gasteiger partial charge < -0.3 is 19.8 Å². The van der Waals surface area contributed by atoms with Crippen LogP contribution in [0.4, 0.5) is 5.69 Å². The van der Waals surface area contributed by atoms with Crippen LogP contribution in [0.15, 0.2) is 109 Å². The van der Waals surface area contributed by atoms with Crippen molar-refractivity contribution in [1.29, 1.82) is 0 Å². The molecule has 11 heteroatoms. The highest BCUT2D eigenvalue weighted by Crippen LogP contribution is 2.31. The largest absolute Gasteiger partial charge is 0.352 e. The van der Waals surface area contributed by atoms with Crippen LogP contribution >= 0.6 is 0 Å². The first-order valence-corrected chi connectivity index (χ1v) is 20.6. The van der Waals surface area contributed by atoms with Gasteiger partial charge in [0.25, 0.3) is 17.5 Å². The second-order valence-electron chi connectivity index (χ2n) is 15.2. The van der Waals surface area contributed by atoms with E-state index in [4.69, 9.17) is 9.97 Å². The van der Waals surface area contributed by atoms with Gasteiger partial charge in [-0.1, -0.05) is 87.2 Å². The van der Waals surface area contributed by atoms with Crippen molar-refractivity contribution in [3.05, 3.63) is 147 Å². The molecule has 0 radical (unpaired) electrons. The Labute approximate surface area is 344 Å². The molecule has 5 aromatic carbocycles. The molecule has 0 aliphatic rings. The van der Waals surface area contributed by atoms with Gasteiger partial charge in [-0.25, -0.2) is 9.97 Å². The molecule has 0 aliphatic carbocycles. The first-order chi connectivity index (χ1) is 28.7. The molecule has 2 amide bonds. The molecular weight excluding hydrogens is 739 g/mol. The lowest BCUT2D eigenvalue weighted by Crippen LogP contribution is -2.25. The second kappa shape index (κ2) is 18.8. The van der Waals surface area contributed by atoms with Crippen molar-refractivity contribution in [3.8, 4) is 22.5 Å². The van der Waals surface area contributed by atoms with Crippen molar-refractivity contribution >= 4 is 39.6 Å². The summed E-state index contributed by atoms with van der Waals surface area (Å²) in [6, 6.07) is 34.6. The molecule has 2 heterocycles. The van der Waals surface area contributed by atoms with E-state index in [0.717, 1.165) is 113 Å². The van der Waals surface area contributed by atoms with Crippen LogP contribution in [-0.4, -0.2) is 48.9 Å². The van der Waals surface area contributed by atoms with E-state index in [1.54, 1.807) is 0 Å². The molecule has 0 unspecified atom stereocenters. The number of aromatic nitrogens is 4. The maximum Gasteiger partial charge on any atom is 0.269 e. The minimum absolute atomic E-state index is 0.0361. The Morgan fingerprint density at radius 2 is 1.39 bits per heavy atom. The number of amides is 2. The van der Waals surface area contributed by atoms with Crippen molar-refractivity contribution < 1.29 is 14.5 Å². The predicted molar refractivity (Wildman–Crippen MR) is 235 cm³/mol. The summed E-state index contributed by atoms with van der Waals surface area (Å²) in [5, 5.41) is 16.8. The lowest BCUT2D eigenvalue weighted by Gasteiger charge is -2.13. The standard InChI is InChI=1S/C48H51N7O4/c1-4-15-44-52-45-33(2)30-37(46-51-41-18-11-12-19-42(41)53(46)3)31-43(45)54(44)32-34-20-22-35(23-21-34)39-16-9-10-17-40(39)48(57)50-29-14-8-6-5-7-13-28-49-47(56)36-24-26-38(27-25-36)55(58)59/h9-12,16-27,30-31H,4-8,13-15,28-29,32H2,1-3H3,(H,49,56)(H,50,57). The van der Waals surface area contributed by atoms with Crippen LogP contribution in [0.2, 0.25) is 0 Å². The van der Waals surface area contributed by atoms with Crippen LogP contribution in [0.3, 0.4) is 0 Å². The summed E-state index contributed by atoms with van der Waals surface area (Å²) in [5.74, 6) is 1.71. The van der Waals surface area contributed by atoms with E-state index >= 15 is 0 Å². The first-order valence-electron chi connectivity index (χ1n) is 20.6. The average Bonchev–Trinajstić information content (AvgIpc) is 3.78. The summed E-state index contributed by atoms with van der Waals surface area (Å²) in [6.07, 6.45) is 7.71. The molecule has 302 valence electrons. The van der Waals surface area contributed by atoms with Gasteiger partial charge in [0.15, 0.2) is 0 Å². The number of carbonyl (C=O) groups is 2. The number of non-ortho nitro benzene ring substituents is 1. The SMILES string of the molecule is CCCc1nc2c(C)cc(-c3nc4ccccc4n3C)cc2n1Cc1ccc(-c2ccccc2C(=O)NCCCCCCCCNC(=O)c2ccc([N+](=O)[O-])cc2)cc1. The molecule has 2 aromatic heterocycles. The fourth-order valence-corrected chi connectivity index (χ4v) is 7.76. The molecule has 0 bridgehead atoms. The van der Waals surface area contributed by atoms with Gasteiger partial charge in [0.05, 0.1) is 27.0 Å². The maximum atomic E-state index is 13.4. The minimum Gasteiger partial charge on any atom is -0.352 e. The number of aryl methyl sites for hydroxylation is 3. The Bertz CT molecular complexity index is 2590. The number of hydrogen-bond acceptors (Lipinski definition) is 6. The summed E-state index contributed by atoms with van der Waals surface area (Å²) < 4.78 is 4.51. The molecule has 0 saturated heterocycles. The highest BCUT2D eigenvalue weighted by atomic mass is 16.6. The summed E-state index contributed by atoms with van der Waals surface area (Å²) in [4.78, 5) is 46.1. The van der Waals surface area contributed by atoms with Gasteiger partial charge in [0, 0.05) is 61.9 Å². The second-order valence-corrected chi connectivity index (χ2v) is 15.2. The van der Waals surface area contributed by atoms with Crippen LogP contribution in [-0.2, 0) is 20.0 Å². The number of rotatable bonds is 18. The van der Waals surface area contributed by atoms with E-state index in [1.165, 1.54) is 24.3 Å². The van der Waals surface area contributed by atoms with Crippen LogP contribution in [0.25, 0.3) is 44.6 Å². The molecule has 11 nitrogen and oxygen atoms in total. The Morgan fingerprint density at radius 3 is 2.08 bits per heavy atom. The van der Waals surface area contributed by atoms with Crippen LogP contribution in [0.5, 0.6) is 0 Å². The highest BCUT2D eigenvalue weighted by molar-refractivity contribution is 6.01. The Kier molecular flexibility index (Phi) is 12.9. The number of carbonyl (C=O) groups excluding carboxylic acids is 2. The number of unbranched alkanes of at least 4 members (excludes halogenated alkanes) is 5. The number of fused-ring (bicyclic) bond motifs is 2. The van der Waals surface area contributed by atoms with Gasteiger partial charge in [-0.3, -0.25) is 19.7 Å². The fourth-order valence-electron chi connectivity index (χ4n) is 7.76. The number of benzene rings is 5. The van der Waals surface area contributed by atoms with Gasteiger partial charge in [0.2, 0.25) is 0 Å². The Hall–Kier alpha value is -6.62. The molecule has 2 N–H and O–H groups in total. The van der Waals surface area contributed by atoms with E-state index < -0.39 is 4.92 Å². The van der Waals surface area contributed by atoms with Gasteiger partial charge in [-0.05, 0) is 90.9 Å². The third kappa shape index (κ3) is 9.41. The molecule has 0 aliphatic heterocycles. The zero-order chi connectivity index (χ0) is 41.3. The van der Waals surface area contributed by atoms with Gasteiger partial charge in [0.1, 0.15) is 11.6 Å². The van der Waals surface area contributed by atoms with Crippen molar-refractivity contribution in [3.63, 3.8) is 0 Å². The third-order valence-electron chi connectivity index (χ3n) is 10.9. The molecule has 7 aromatic rings. The summed E-state index contributed by atoms with van der Waals surface area (Å²) in [7, 11) is 2.07. The van der Waals surface area contributed by atoms with E-state index in [-0.39, 0.29) is 17.5 Å². The summed E-state index contributed by atoms with van der Waals surface area (Å²) in [5.41, 5.74) is 10.5. The molecule has 7 rings (SSSR count). The molecule has 59 heavy (non-hydrogen) atoms. The Morgan fingerprint density at radius 1 is 0.729 bits per heavy atom. The van der Waals surface area contributed by atoms with E-state index in [9.17, 15) is 19.7 Å². The van der Waals surface area contributed by atoms with Crippen LogP contribution in [0.1, 0.15) is 89.5 Å². The first kappa shape index (κ1) is 40.6. The number of imidazole rings is 2. The van der Waals surface area contributed by atoms with Gasteiger partial charge in [-0.15, -0.1) is 0 Å². The van der Waals surface area contributed by atoms with Crippen molar-refractivity contribution in [1.82, 2.24) is 29.7 Å². The quantitative estimate of drug-likeness (QED) is 0.0505. The van der Waals surface area contributed by atoms with E-state index in [2.05, 4.69) is 89.2 Å². The molecule has 0 saturated carbocycles. The zero-order valence-corrected chi connectivity index (χ0v) is 34.0. The average molecular weight is 790 g/mol. The maximum absolute atomic E-state index is 13.4. The topological polar surface area (TPSA) is 137 Å². The monoisotopic (exact) mass is 789 g/mol. The number of hydrogen-bond donors (Lipinski definition) is 2. The molecule has 0 spiro atoms. The molecule has 0 fully saturated rings. The van der Waals surface area contributed by atoms with Crippen LogP contribution in [0, 0.1) is 17.0 Å². The minimum atomic E-state index is -0.482. The number of nitro benzene ring substituents is 1. The number of para-hydroxylation sites is 2. The van der Waals surface area contributed by atoms with Crippen molar-refractivity contribution in [2.75, 3.05) is 13.1 Å².